The van der Waals surface area contributed by atoms with Crippen molar-refractivity contribution in [3.05, 3.63) is 23.3 Å². The van der Waals surface area contributed by atoms with Crippen LogP contribution in [0.2, 0.25) is 0 Å². The molecule has 1 saturated carbocycles. The molecule has 1 aliphatic heterocycles. The van der Waals surface area contributed by atoms with E-state index < -0.39 is 0 Å². The van der Waals surface area contributed by atoms with Gasteiger partial charge in [0.1, 0.15) is 5.78 Å². The first kappa shape index (κ1) is 15.0. The highest BCUT2D eigenvalue weighted by molar-refractivity contribution is 5.82. The van der Waals surface area contributed by atoms with Crippen LogP contribution in [0.4, 0.5) is 0 Å². The number of ketones is 1. The predicted octanol–water partition coefficient (Wildman–Crippen LogP) is 2.57. The molecule has 124 valence electrons. The van der Waals surface area contributed by atoms with Gasteiger partial charge in [-0.1, -0.05) is 6.07 Å². The lowest BCUT2D eigenvalue weighted by Gasteiger charge is -2.58. The second-order valence-corrected chi connectivity index (χ2v) is 7.35. The van der Waals surface area contributed by atoms with Gasteiger partial charge in [0.05, 0.1) is 14.2 Å². The number of carbonyl (C=O) groups excluding carboxylic acids is 1. The van der Waals surface area contributed by atoms with Crippen LogP contribution in [-0.2, 0) is 16.6 Å². The maximum atomic E-state index is 12.4. The van der Waals surface area contributed by atoms with Gasteiger partial charge in [0, 0.05) is 29.9 Å². The van der Waals surface area contributed by atoms with Gasteiger partial charge in [-0.3, -0.25) is 4.79 Å². The van der Waals surface area contributed by atoms with Crippen molar-refractivity contribution >= 4 is 5.78 Å². The third kappa shape index (κ3) is 1.97. The van der Waals surface area contributed by atoms with Gasteiger partial charge in [0.2, 0.25) is 0 Å². The summed E-state index contributed by atoms with van der Waals surface area (Å²) in [4.78, 5) is 14.9. The number of likely N-dealkylation sites (tertiary alicyclic amines) is 1. The van der Waals surface area contributed by atoms with E-state index in [-0.39, 0.29) is 5.41 Å². The molecule has 1 aromatic carbocycles. The van der Waals surface area contributed by atoms with E-state index in [2.05, 4.69) is 18.0 Å². The van der Waals surface area contributed by atoms with Crippen LogP contribution in [0.1, 0.15) is 36.8 Å². The van der Waals surface area contributed by atoms with Crippen LogP contribution >= 0.6 is 0 Å². The fourth-order valence-corrected chi connectivity index (χ4v) is 5.45. The molecule has 4 heteroatoms. The zero-order valence-electron chi connectivity index (χ0n) is 14.2. The summed E-state index contributed by atoms with van der Waals surface area (Å²) in [6.07, 6.45) is 4.49. The molecule has 2 aliphatic carbocycles. The monoisotopic (exact) mass is 315 g/mol. The number of likely N-dealkylation sites (N-methyl/N-ethyl adjacent to an activating group) is 1. The Morgan fingerprint density at radius 2 is 2.09 bits per heavy atom. The Labute approximate surface area is 137 Å². The zero-order chi connectivity index (χ0) is 16.2. The van der Waals surface area contributed by atoms with E-state index in [4.69, 9.17) is 9.47 Å². The molecule has 23 heavy (non-hydrogen) atoms. The third-order valence-electron chi connectivity index (χ3n) is 6.46. The molecule has 0 radical (unpaired) electrons. The van der Waals surface area contributed by atoms with Crippen molar-refractivity contribution in [2.75, 3.05) is 27.8 Å². The molecule has 3 unspecified atom stereocenters. The minimum atomic E-state index is -0.0556. The summed E-state index contributed by atoms with van der Waals surface area (Å²) >= 11 is 0. The van der Waals surface area contributed by atoms with Crippen molar-refractivity contribution in [1.29, 1.82) is 0 Å². The van der Waals surface area contributed by atoms with Gasteiger partial charge in [-0.2, -0.15) is 0 Å². The first-order valence-corrected chi connectivity index (χ1v) is 8.57. The molecule has 1 aromatic rings. The van der Waals surface area contributed by atoms with E-state index >= 15 is 0 Å². The molecular formula is C19H25NO3. The fourth-order valence-electron chi connectivity index (χ4n) is 5.45. The molecule has 0 aromatic heterocycles. The van der Waals surface area contributed by atoms with Gasteiger partial charge >= 0.3 is 0 Å². The highest BCUT2D eigenvalue weighted by Gasteiger charge is 2.56. The van der Waals surface area contributed by atoms with Gasteiger partial charge in [-0.15, -0.1) is 0 Å². The number of rotatable bonds is 2. The summed E-state index contributed by atoms with van der Waals surface area (Å²) in [5.74, 6) is 2.59. The summed E-state index contributed by atoms with van der Waals surface area (Å²) in [6, 6.07) is 4.73. The van der Waals surface area contributed by atoms with E-state index in [1.54, 1.807) is 14.2 Å². The molecule has 2 fully saturated rings. The minimum Gasteiger partial charge on any atom is -0.493 e. The molecule has 0 N–H and O–H groups in total. The SMILES string of the molecule is COc1ccc2c(c1OC)C13CCN(C)C(C2)C1CCC(=O)C3. The lowest BCUT2D eigenvalue weighted by molar-refractivity contribution is -0.126. The zero-order valence-corrected chi connectivity index (χ0v) is 14.2. The average Bonchev–Trinajstić information content (AvgIpc) is 2.56. The molecule has 1 heterocycles. The number of methoxy groups -OCH3 is 2. The van der Waals surface area contributed by atoms with Gasteiger partial charge in [-0.05, 0) is 50.4 Å². The maximum Gasteiger partial charge on any atom is 0.164 e. The second kappa shape index (κ2) is 5.23. The minimum absolute atomic E-state index is 0.0556. The van der Waals surface area contributed by atoms with Crippen molar-refractivity contribution in [2.45, 2.75) is 43.6 Å². The summed E-state index contributed by atoms with van der Waals surface area (Å²) in [7, 11) is 5.64. The number of hydrogen-bond acceptors (Lipinski definition) is 4. The smallest absolute Gasteiger partial charge is 0.164 e. The lowest BCUT2D eigenvalue weighted by atomic mass is 9.52. The second-order valence-electron chi connectivity index (χ2n) is 7.35. The topological polar surface area (TPSA) is 38.8 Å². The highest BCUT2D eigenvalue weighted by Crippen LogP contribution is 2.58. The fraction of sp³-hybridized carbons (Fsp3) is 0.632. The molecule has 3 atom stereocenters. The Hall–Kier alpha value is -1.55. The summed E-state index contributed by atoms with van der Waals surface area (Å²) in [5, 5.41) is 0. The van der Waals surface area contributed by atoms with E-state index in [1.165, 1.54) is 11.1 Å². The van der Waals surface area contributed by atoms with Crippen molar-refractivity contribution in [3.63, 3.8) is 0 Å². The Balaban J connectivity index is 1.96. The summed E-state index contributed by atoms with van der Waals surface area (Å²) in [5.41, 5.74) is 2.55. The van der Waals surface area contributed by atoms with Gasteiger partial charge in [0.15, 0.2) is 11.5 Å². The number of benzene rings is 1. The van der Waals surface area contributed by atoms with Crippen LogP contribution in [0.3, 0.4) is 0 Å². The Bertz CT molecular complexity index is 656. The number of carbonyl (C=O) groups is 1. The third-order valence-corrected chi connectivity index (χ3v) is 6.46. The largest absolute Gasteiger partial charge is 0.493 e. The normalized spacial score (nSPS) is 32.9. The summed E-state index contributed by atoms with van der Waals surface area (Å²) < 4.78 is 11.3. The number of fused-ring (bicyclic) bond motifs is 1. The molecule has 1 saturated heterocycles. The van der Waals surface area contributed by atoms with E-state index in [0.29, 0.717) is 24.2 Å². The van der Waals surface area contributed by atoms with Crippen molar-refractivity contribution < 1.29 is 14.3 Å². The molecule has 2 bridgehead atoms. The van der Waals surface area contributed by atoms with Crippen LogP contribution in [0, 0.1) is 5.92 Å². The standard InChI is InChI=1S/C19H25NO3/c1-20-9-8-19-11-13(21)5-6-14(19)15(20)10-12-4-7-16(22-2)18(23-3)17(12)19/h4,7,14-15H,5-6,8-11H2,1-3H3. The van der Waals surface area contributed by atoms with Gasteiger partial charge in [-0.25, -0.2) is 0 Å². The first-order valence-electron chi connectivity index (χ1n) is 8.57. The van der Waals surface area contributed by atoms with Crippen molar-refractivity contribution in [2.24, 2.45) is 5.92 Å². The number of hydrogen-bond donors (Lipinski definition) is 0. The average molecular weight is 315 g/mol. The highest BCUT2D eigenvalue weighted by atomic mass is 16.5. The van der Waals surface area contributed by atoms with Crippen LogP contribution in [0.15, 0.2) is 12.1 Å². The van der Waals surface area contributed by atoms with Crippen LogP contribution < -0.4 is 9.47 Å². The van der Waals surface area contributed by atoms with Crippen LogP contribution in [-0.4, -0.2) is 44.5 Å². The van der Waals surface area contributed by atoms with Gasteiger partial charge < -0.3 is 14.4 Å². The quantitative estimate of drug-likeness (QED) is 0.841. The number of ether oxygens (including phenoxy) is 2. The van der Waals surface area contributed by atoms with Gasteiger partial charge in [0.25, 0.3) is 0 Å². The number of piperidine rings is 1. The van der Waals surface area contributed by atoms with E-state index in [9.17, 15) is 4.79 Å². The lowest BCUT2D eigenvalue weighted by Crippen LogP contribution is -2.61. The maximum absolute atomic E-state index is 12.4. The molecule has 4 nitrogen and oxygen atoms in total. The number of Topliss-reactive ketones (excluding diaryl/α,β-unsaturated/α-hetero) is 1. The Kier molecular flexibility index (Phi) is 3.41. The summed E-state index contributed by atoms with van der Waals surface area (Å²) in [6.45, 7) is 1.05. The van der Waals surface area contributed by atoms with E-state index in [0.717, 1.165) is 43.7 Å². The van der Waals surface area contributed by atoms with Crippen LogP contribution in [0.25, 0.3) is 0 Å². The molecule has 4 rings (SSSR count). The Morgan fingerprint density at radius 1 is 1.26 bits per heavy atom. The predicted molar refractivity (Wildman–Crippen MR) is 88.3 cm³/mol. The Morgan fingerprint density at radius 3 is 2.83 bits per heavy atom. The molecule has 0 amide bonds. The van der Waals surface area contributed by atoms with Crippen LogP contribution in [0.5, 0.6) is 11.5 Å². The molecule has 3 aliphatic rings. The molecule has 0 spiro atoms. The molecular weight excluding hydrogens is 290 g/mol. The van der Waals surface area contributed by atoms with Crippen molar-refractivity contribution in [1.82, 2.24) is 4.90 Å². The number of nitrogens with zero attached hydrogens (tertiary/aromatic N) is 1. The van der Waals surface area contributed by atoms with E-state index in [1.807, 2.05) is 6.07 Å². The first-order chi connectivity index (χ1) is 11.1. The van der Waals surface area contributed by atoms with Crippen molar-refractivity contribution in [3.8, 4) is 11.5 Å².